The van der Waals surface area contributed by atoms with Crippen LogP contribution in [0.5, 0.6) is 0 Å². The minimum absolute atomic E-state index is 0.0604. The third-order valence-corrected chi connectivity index (χ3v) is 3.26. The molecule has 0 aliphatic heterocycles. The van der Waals surface area contributed by atoms with Gasteiger partial charge in [-0.05, 0) is 31.9 Å². The van der Waals surface area contributed by atoms with Gasteiger partial charge in [0.15, 0.2) is 0 Å². The molecule has 0 aliphatic rings. The van der Waals surface area contributed by atoms with Crippen LogP contribution >= 0.6 is 0 Å². The summed E-state index contributed by atoms with van der Waals surface area (Å²) in [7, 11) is 1.61. The van der Waals surface area contributed by atoms with Gasteiger partial charge in [0.1, 0.15) is 5.82 Å². The monoisotopic (exact) mass is 266 g/mol. The normalized spacial score (nSPS) is 13.9. The first-order valence-corrected chi connectivity index (χ1v) is 6.71. The van der Waals surface area contributed by atoms with E-state index in [0.717, 1.165) is 19.3 Å². The molecule has 0 fully saturated rings. The zero-order valence-electron chi connectivity index (χ0n) is 11.9. The van der Waals surface area contributed by atoms with Crippen molar-refractivity contribution in [3.63, 3.8) is 0 Å². The summed E-state index contributed by atoms with van der Waals surface area (Å²) in [4.78, 5) is 13.6. The van der Waals surface area contributed by atoms with Crippen molar-refractivity contribution in [2.75, 3.05) is 11.9 Å². The van der Waals surface area contributed by atoms with Crippen LogP contribution in [0, 0.1) is 11.7 Å². The van der Waals surface area contributed by atoms with E-state index in [9.17, 15) is 9.18 Å². The molecule has 2 atom stereocenters. The Morgan fingerprint density at radius 2 is 1.95 bits per heavy atom. The van der Waals surface area contributed by atoms with Crippen molar-refractivity contribution in [1.29, 1.82) is 0 Å². The molecule has 106 valence electrons. The van der Waals surface area contributed by atoms with E-state index in [4.69, 9.17) is 5.73 Å². The van der Waals surface area contributed by atoms with E-state index >= 15 is 0 Å². The van der Waals surface area contributed by atoms with Gasteiger partial charge < -0.3 is 10.6 Å². The molecule has 0 heterocycles. The number of carbonyl (C=O) groups excluding carboxylic acids is 1. The smallest absolute Gasteiger partial charge is 0.229 e. The van der Waals surface area contributed by atoms with Crippen LogP contribution in [0.3, 0.4) is 0 Å². The first-order chi connectivity index (χ1) is 8.93. The number of nitrogens with two attached hydrogens (primary N) is 1. The molecule has 0 saturated carbocycles. The largest absolute Gasteiger partial charge is 0.328 e. The van der Waals surface area contributed by atoms with E-state index in [-0.39, 0.29) is 23.7 Å². The first kappa shape index (κ1) is 15.6. The van der Waals surface area contributed by atoms with Crippen molar-refractivity contribution in [1.82, 2.24) is 0 Å². The van der Waals surface area contributed by atoms with Crippen LogP contribution in [0.1, 0.15) is 33.1 Å². The lowest BCUT2D eigenvalue weighted by Crippen LogP contribution is -2.32. The molecule has 1 aromatic carbocycles. The molecule has 1 aromatic rings. The Hall–Kier alpha value is -1.42. The van der Waals surface area contributed by atoms with Gasteiger partial charge >= 0.3 is 0 Å². The van der Waals surface area contributed by atoms with E-state index in [2.05, 4.69) is 0 Å². The van der Waals surface area contributed by atoms with Gasteiger partial charge in [-0.1, -0.05) is 25.5 Å². The van der Waals surface area contributed by atoms with Gasteiger partial charge in [-0.25, -0.2) is 4.39 Å². The fourth-order valence-corrected chi connectivity index (χ4v) is 2.04. The number of halogens is 1. The second-order valence-electron chi connectivity index (χ2n) is 5.16. The molecule has 0 aliphatic carbocycles. The number of amides is 1. The fraction of sp³-hybridized carbons (Fsp3) is 0.533. The maximum atomic E-state index is 13.6. The third-order valence-electron chi connectivity index (χ3n) is 3.26. The van der Waals surface area contributed by atoms with Crippen LogP contribution in [-0.2, 0) is 4.79 Å². The maximum Gasteiger partial charge on any atom is 0.229 e. The predicted octanol–water partition coefficient (Wildman–Crippen LogP) is 2.94. The molecule has 0 bridgehead atoms. The molecule has 19 heavy (non-hydrogen) atoms. The highest BCUT2D eigenvalue weighted by Crippen LogP contribution is 2.20. The highest BCUT2D eigenvalue weighted by Gasteiger charge is 2.20. The summed E-state index contributed by atoms with van der Waals surface area (Å²) in [5, 5.41) is 0. The zero-order valence-corrected chi connectivity index (χ0v) is 11.9. The Kier molecular flexibility index (Phi) is 5.96. The average molecular weight is 266 g/mol. The van der Waals surface area contributed by atoms with Gasteiger partial charge in [-0.3, -0.25) is 4.79 Å². The molecular weight excluding hydrogens is 243 g/mol. The quantitative estimate of drug-likeness (QED) is 0.860. The molecular formula is C15H23FN2O. The van der Waals surface area contributed by atoms with Crippen molar-refractivity contribution in [2.45, 2.75) is 39.2 Å². The summed E-state index contributed by atoms with van der Waals surface area (Å²) in [5.74, 6) is -0.556. The van der Waals surface area contributed by atoms with Gasteiger partial charge in [-0.15, -0.1) is 0 Å². The van der Waals surface area contributed by atoms with Crippen LogP contribution in [0.2, 0.25) is 0 Å². The second-order valence-corrected chi connectivity index (χ2v) is 5.16. The number of hydrogen-bond acceptors (Lipinski definition) is 2. The van der Waals surface area contributed by atoms with Gasteiger partial charge in [0.2, 0.25) is 5.91 Å². The van der Waals surface area contributed by atoms with E-state index in [1.54, 1.807) is 25.2 Å². The topological polar surface area (TPSA) is 46.3 Å². The lowest BCUT2D eigenvalue weighted by molar-refractivity contribution is -0.121. The number of carbonyl (C=O) groups is 1. The van der Waals surface area contributed by atoms with E-state index < -0.39 is 0 Å². The molecule has 0 spiro atoms. The molecule has 4 heteroatoms. The van der Waals surface area contributed by atoms with Crippen LogP contribution in [-0.4, -0.2) is 19.0 Å². The highest BCUT2D eigenvalue weighted by atomic mass is 19.1. The lowest BCUT2D eigenvalue weighted by atomic mass is 10.0. The van der Waals surface area contributed by atoms with Crippen molar-refractivity contribution < 1.29 is 9.18 Å². The third kappa shape index (κ3) is 4.63. The van der Waals surface area contributed by atoms with Crippen molar-refractivity contribution >= 4 is 11.6 Å². The van der Waals surface area contributed by atoms with Crippen LogP contribution in [0.25, 0.3) is 0 Å². The summed E-state index contributed by atoms with van der Waals surface area (Å²) in [5.41, 5.74) is 6.01. The summed E-state index contributed by atoms with van der Waals surface area (Å²) >= 11 is 0. The number of anilines is 1. The summed E-state index contributed by atoms with van der Waals surface area (Å²) in [6.45, 7) is 3.83. The van der Waals surface area contributed by atoms with Gasteiger partial charge in [0.05, 0.1) is 5.69 Å². The van der Waals surface area contributed by atoms with Crippen molar-refractivity contribution in [2.24, 2.45) is 11.7 Å². The Morgan fingerprint density at radius 1 is 1.32 bits per heavy atom. The number of para-hydroxylation sites is 1. The van der Waals surface area contributed by atoms with Gasteiger partial charge in [0, 0.05) is 19.0 Å². The Morgan fingerprint density at radius 3 is 2.53 bits per heavy atom. The van der Waals surface area contributed by atoms with Gasteiger partial charge in [-0.2, -0.15) is 0 Å². The van der Waals surface area contributed by atoms with Gasteiger partial charge in [0.25, 0.3) is 0 Å². The Labute approximate surface area is 114 Å². The number of rotatable bonds is 6. The fourth-order valence-electron chi connectivity index (χ4n) is 2.04. The Balaban J connectivity index is 2.59. The first-order valence-electron chi connectivity index (χ1n) is 6.71. The summed E-state index contributed by atoms with van der Waals surface area (Å²) in [6, 6.07) is 6.47. The molecule has 2 unspecified atom stereocenters. The molecule has 3 nitrogen and oxygen atoms in total. The Bertz CT molecular complexity index is 420. The lowest BCUT2D eigenvalue weighted by Gasteiger charge is -2.22. The predicted molar refractivity (Wildman–Crippen MR) is 76.5 cm³/mol. The molecule has 1 amide bonds. The number of benzene rings is 1. The molecule has 0 saturated heterocycles. The minimum Gasteiger partial charge on any atom is -0.328 e. The standard InChI is InChI=1S/C15H23FN2O/c1-11(7-6-8-12(2)17)15(19)18(3)14-10-5-4-9-13(14)16/h4-5,9-12H,6-8,17H2,1-3H3. The van der Waals surface area contributed by atoms with E-state index in [1.165, 1.54) is 11.0 Å². The minimum atomic E-state index is -0.374. The SMILES string of the molecule is CC(N)CCCC(C)C(=O)N(C)c1ccccc1F. The molecule has 2 N–H and O–H groups in total. The number of nitrogens with zero attached hydrogens (tertiary/aromatic N) is 1. The molecule has 0 radical (unpaired) electrons. The second kappa shape index (κ2) is 7.24. The van der Waals surface area contributed by atoms with Crippen LogP contribution < -0.4 is 10.6 Å². The average Bonchev–Trinajstić information content (AvgIpc) is 2.37. The van der Waals surface area contributed by atoms with Crippen molar-refractivity contribution in [3.8, 4) is 0 Å². The van der Waals surface area contributed by atoms with Crippen LogP contribution in [0.15, 0.2) is 24.3 Å². The number of hydrogen-bond donors (Lipinski definition) is 1. The van der Waals surface area contributed by atoms with E-state index in [1.807, 2.05) is 13.8 Å². The molecule has 0 aromatic heterocycles. The maximum absolute atomic E-state index is 13.6. The summed E-state index contributed by atoms with van der Waals surface area (Å²) in [6.07, 6.45) is 2.59. The molecule has 1 rings (SSSR count). The van der Waals surface area contributed by atoms with E-state index in [0.29, 0.717) is 5.69 Å². The van der Waals surface area contributed by atoms with Crippen molar-refractivity contribution in [3.05, 3.63) is 30.1 Å². The highest BCUT2D eigenvalue weighted by molar-refractivity contribution is 5.94. The summed E-state index contributed by atoms with van der Waals surface area (Å²) < 4.78 is 13.6. The zero-order chi connectivity index (χ0) is 14.4. The van der Waals surface area contributed by atoms with Crippen LogP contribution in [0.4, 0.5) is 10.1 Å².